The number of aryl methyl sites for hydroxylation is 1. The minimum Gasteiger partial charge on any atom is -0.408 e. The lowest BCUT2D eigenvalue weighted by atomic mass is 10.3. The van der Waals surface area contributed by atoms with Crippen LogP contribution in [0.25, 0.3) is 11.1 Å². The van der Waals surface area contributed by atoms with Gasteiger partial charge in [0.25, 0.3) is 0 Å². The van der Waals surface area contributed by atoms with Crippen molar-refractivity contribution in [2.24, 2.45) is 0 Å². The molecule has 0 aliphatic carbocycles. The van der Waals surface area contributed by atoms with E-state index in [-0.39, 0.29) is 6.54 Å². The maximum atomic E-state index is 12.1. The molecule has 0 saturated carbocycles. The van der Waals surface area contributed by atoms with E-state index >= 15 is 0 Å². The molecule has 4 nitrogen and oxygen atoms in total. The smallest absolute Gasteiger partial charge is 0.408 e. The zero-order chi connectivity index (χ0) is 10.1. The highest BCUT2D eigenvalue weighted by atomic mass is 19.1. The number of alkyl halides is 1. The number of anilines is 1. The Labute approximate surface area is 78.7 Å². The van der Waals surface area contributed by atoms with Crippen molar-refractivity contribution >= 4 is 16.8 Å². The third-order valence-corrected chi connectivity index (χ3v) is 2.00. The molecule has 0 unspecified atom stereocenters. The summed E-state index contributed by atoms with van der Waals surface area (Å²) in [5, 5.41) is 0. The molecule has 0 aliphatic heterocycles. The van der Waals surface area contributed by atoms with E-state index in [2.05, 4.69) is 0 Å². The lowest BCUT2D eigenvalue weighted by Gasteiger charge is -1.97. The minimum absolute atomic E-state index is 0.00468. The molecule has 0 saturated heterocycles. The molecule has 2 rings (SSSR count). The maximum Gasteiger partial charge on any atom is 0.420 e. The van der Waals surface area contributed by atoms with E-state index in [0.29, 0.717) is 16.8 Å². The monoisotopic (exact) mass is 196 g/mol. The van der Waals surface area contributed by atoms with Crippen LogP contribution in [0.2, 0.25) is 0 Å². The number of halogens is 1. The van der Waals surface area contributed by atoms with Crippen molar-refractivity contribution in [2.45, 2.75) is 6.54 Å². The molecular formula is C9H9FN2O2. The SMILES string of the molecule is Nc1ccc2oc(=O)n(CCF)c2c1. The van der Waals surface area contributed by atoms with Gasteiger partial charge in [-0.1, -0.05) is 0 Å². The van der Waals surface area contributed by atoms with Gasteiger partial charge >= 0.3 is 5.76 Å². The number of nitrogen functional groups attached to an aromatic ring is 1. The Hall–Kier alpha value is -1.78. The zero-order valence-corrected chi connectivity index (χ0v) is 7.37. The Kier molecular flexibility index (Phi) is 1.99. The van der Waals surface area contributed by atoms with Crippen molar-refractivity contribution in [3.05, 3.63) is 28.7 Å². The topological polar surface area (TPSA) is 61.2 Å². The molecule has 14 heavy (non-hydrogen) atoms. The Morgan fingerprint density at radius 2 is 2.29 bits per heavy atom. The fraction of sp³-hybridized carbons (Fsp3) is 0.222. The molecule has 1 aromatic heterocycles. The van der Waals surface area contributed by atoms with Crippen LogP contribution in [0.4, 0.5) is 10.1 Å². The predicted octanol–water partition coefficient (Wildman–Crippen LogP) is 1.15. The summed E-state index contributed by atoms with van der Waals surface area (Å²) in [7, 11) is 0. The molecule has 0 fully saturated rings. The second-order valence-electron chi connectivity index (χ2n) is 2.94. The van der Waals surface area contributed by atoms with Crippen LogP contribution in [0, 0.1) is 0 Å². The molecular weight excluding hydrogens is 187 g/mol. The van der Waals surface area contributed by atoms with Crippen molar-refractivity contribution in [3.63, 3.8) is 0 Å². The van der Waals surface area contributed by atoms with Crippen molar-refractivity contribution in [3.8, 4) is 0 Å². The van der Waals surface area contributed by atoms with E-state index in [1.807, 2.05) is 0 Å². The average Bonchev–Trinajstić information content (AvgIpc) is 2.45. The molecule has 1 heterocycles. The van der Waals surface area contributed by atoms with Gasteiger partial charge in [-0.25, -0.2) is 9.18 Å². The molecule has 2 N–H and O–H groups in total. The summed E-state index contributed by atoms with van der Waals surface area (Å²) < 4.78 is 18.3. The van der Waals surface area contributed by atoms with E-state index < -0.39 is 12.4 Å². The normalized spacial score (nSPS) is 10.9. The Balaban J connectivity index is 2.73. The van der Waals surface area contributed by atoms with Crippen molar-refractivity contribution in [1.82, 2.24) is 4.57 Å². The van der Waals surface area contributed by atoms with Crippen LogP contribution in [-0.2, 0) is 6.54 Å². The molecule has 0 spiro atoms. The molecule has 0 aliphatic rings. The number of aromatic nitrogens is 1. The van der Waals surface area contributed by atoms with Crippen LogP contribution in [0.15, 0.2) is 27.4 Å². The van der Waals surface area contributed by atoms with Crippen LogP contribution in [0.5, 0.6) is 0 Å². The molecule has 2 aromatic rings. The standard InChI is InChI=1S/C9H9FN2O2/c10-3-4-12-7-5-6(11)1-2-8(7)14-9(12)13/h1-2,5H,3-4,11H2. The summed E-state index contributed by atoms with van der Waals surface area (Å²) in [6, 6.07) is 4.82. The summed E-state index contributed by atoms with van der Waals surface area (Å²) in [5.41, 5.74) is 7.03. The van der Waals surface area contributed by atoms with Crippen LogP contribution in [0.1, 0.15) is 0 Å². The number of nitrogens with two attached hydrogens (primary N) is 1. The van der Waals surface area contributed by atoms with Crippen LogP contribution >= 0.6 is 0 Å². The van der Waals surface area contributed by atoms with Crippen LogP contribution < -0.4 is 11.5 Å². The molecule has 5 heteroatoms. The number of hydrogen-bond donors (Lipinski definition) is 1. The second-order valence-corrected chi connectivity index (χ2v) is 2.94. The summed E-state index contributed by atoms with van der Waals surface area (Å²) in [4.78, 5) is 11.2. The van der Waals surface area contributed by atoms with Gasteiger partial charge in [0.1, 0.15) is 6.67 Å². The first-order chi connectivity index (χ1) is 6.72. The van der Waals surface area contributed by atoms with E-state index in [4.69, 9.17) is 10.2 Å². The van der Waals surface area contributed by atoms with Gasteiger partial charge in [-0.3, -0.25) is 4.57 Å². The van der Waals surface area contributed by atoms with E-state index in [0.717, 1.165) is 0 Å². The van der Waals surface area contributed by atoms with Gasteiger partial charge in [-0.15, -0.1) is 0 Å². The lowest BCUT2D eigenvalue weighted by molar-refractivity contribution is 0.422. The molecule has 1 aromatic carbocycles. The van der Waals surface area contributed by atoms with Crippen molar-refractivity contribution < 1.29 is 8.81 Å². The lowest BCUT2D eigenvalue weighted by Crippen LogP contribution is -2.15. The van der Waals surface area contributed by atoms with Gasteiger partial charge < -0.3 is 10.2 Å². The highest BCUT2D eigenvalue weighted by molar-refractivity contribution is 5.76. The summed E-state index contributed by atoms with van der Waals surface area (Å²) >= 11 is 0. The molecule has 0 amide bonds. The van der Waals surface area contributed by atoms with Crippen LogP contribution in [0.3, 0.4) is 0 Å². The first kappa shape index (κ1) is 8.80. The highest BCUT2D eigenvalue weighted by Gasteiger charge is 2.08. The fourth-order valence-electron chi connectivity index (χ4n) is 1.38. The van der Waals surface area contributed by atoms with Gasteiger partial charge in [-0.2, -0.15) is 0 Å². The largest absolute Gasteiger partial charge is 0.420 e. The number of benzene rings is 1. The summed E-state index contributed by atoms with van der Waals surface area (Å²) in [6.07, 6.45) is 0. The zero-order valence-electron chi connectivity index (χ0n) is 7.37. The average molecular weight is 196 g/mol. The Morgan fingerprint density at radius 3 is 3.00 bits per heavy atom. The maximum absolute atomic E-state index is 12.1. The molecule has 0 radical (unpaired) electrons. The first-order valence-electron chi connectivity index (χ1n) is 4.17. The summed E-state index contributed by atoms with van der Waals surface area (Å²) in [6.45, 7) is -0.612. The predicted molar refractivity (Wildman–Crippen MR) is 50.9 cm³/mol. The van der Waals surface area contributed by atoms with Gasteiger partial charge in [0, 0.05) is 5.69 Å². The first-order valence-corrected chi connectivity index (χ1v) is 4.17. The van der Waals surface area contributed by atoms with E-state index in [9.17, 15) is 9.18 Å². The highest BCUT2D eigenvalue weighted by Crippen LogP contribution is 2.15. The Morgan fingerprint density at radius 1 is 1.50 bits per heavy atom. The molecule has 0 bridgehead atoms. The third kappa shape index (κ3) is 1.26. The number of fused-ring (bicyclic) bond motifs is 1. The minimum atomic E-state index is -0.608. The summed E-state index contributed by atoms with van der Waals surface area (Å²) in [5.74, 6) is -0.553. The molecule has 74 valence electrons. The fourth-order valence-corrected chi connectivity index (χ4v) is 1.38. The Bertz CT molecular complexity index is 515. The second kappa shape index (κ2) is 3.17. The number of rotatable bonds is 2. The molecule has 0 atom stereocenters. The van der Waals surface area contributed by atoms with E-state index in [1.165, 1.54) is 4.57 Å². The number of nitrogens with zero attached hydrogens (tertiary/aromatic N) is 1. The van der Waals surface area contributed by atoms with E-state index in [1.54, 1.807) is 18.2 Å². The number of hydrogen-bond acceptors (Lipinski definition) is 3. The number of oxazole rings is 1. The van der Waals surface area contributed by atoms with Gasteiger partial charge in [-0.05, 0) is 18.2 Å². The quantitative estimate of drug-likeness (QED) is 0.733. The van der Waals surface area contributed by atoms with Crippen LogP contribution in [-0.4, -0.2) is 11.2 Å². The van der Waals surface area contributed by atoms with Gasteiger partial charge in [0.2, 0.25) is 0 Å². The van der Waals surface area contributed by atoms with Gasteiger partial charge in [0.15, 0.2) is 5.58 Å². The van der Waals surface area contributed by atoms with Crippen molar-refractivity contribution in [1.29, 1.82) is 0 Å². The third-order valence-electron chi connectivity index (χ3n) is 2.00. The van der Waals surface area contributed by atoms with Crippen molar-refractivity contribution in [2.75, 3.05) is 12.4 Å². The van der Waals surface area contributed by atoms with Gasteiger partial charge in [0.05, 0.1) is 12.1 Å².